The second kappa shape index (κ2) is 5.36. The van der Waals surface area contributed by atoms with Crippen LogP contribution in [-0.4, -0.2) is 35.0 Å². The summed E-state index contributed by atoms with van der Waals surface area (Å²) in [6, 6.07) is 2.08. The molecule has 2 fully saturated rings. The van der Waals surface area contributed by atoms with Gasteiger partial charge in [0.05, 0.1) is 12.6 Å². The van der Waals surface area contributed by atoms with Crippen molar-refractivity contribution in [2.24, 2.45) is 5.41 Å². The minimum atomic E-state index is -1.26. The van der Waals surface area contributed by atoms with Crippen LogP contribution >= 0.6 is 11.3 Å². The van der Waals surface area contributed by atoms with Crippen molar-refractivity contribution >= 4 is 29.2 Å². The van der Waals surface area contributed by atoms with Gasteiger partial charge in [0.2, 0.25) is 5.91 Å². The molecule has 3 atom stereocenters. The zero-order valence-corrected chi connectivity index (χ0v) is 12.9. The second-order valence-corrected chi connectivity index (χ2v) is 7.15. The van der Waals surface area contributed by atoms with E-state index in [0.29, 0.717) is 23.6 Å². The fourth-order valence-corrected chi connectivity index (χ4v) is 3.73. The minimum absolute atomic E-state index is 0.00196. The van der Waals surface area contributed by atoms with Gasteiger partial charge in [-0.15, -0.1) is 11.3 Å². The van der Waals surface area contributed by atoms with Gasteiger partial charge in [0.1, 0.15) is 5.84 Å². The zero-order chi connectivity index (χ0) is 15.9. The first kappa shape index (κ1) is 15.0. The fraction of sp³-hybridized carbons (Fsp3) is 0.500. The smallest absolute Gasteiger partial charge is 0.410 e. The molecule has 0 bridgehead atoms. The van der Waals surface area contributed by atoms with Gasteiger partial charge in [0.25, 0.3) is 0 Å². The monoisotopic (exact) mass is 322 g/mol. The lowest BCUT2D eigenvalue weighted by Crippen LogP contribution is -2.41. The van der Waals surface area contributed by atoms with Crippen molar-refractivity contribution in [2.75, 3.05) is 0 Å². The van der Waals surface area contributed by atoms with Gasteiger partial charge >= 0.3 is 6.09 Å². The van der Waals surface area contributed by atoms with E-state index >= 15 is 0 Å². The molecule has 1 saturated heterocycles. The van der Waals surface area contributed by atoms with E-state index in [9.17, 15) is 9.59 Å². The predicted octanol–water partition coefficient (Wildman–Crippen LogP) is 1.10. The predicted molar refractivity (Wildman–Crippen MR) is 82.2 cm³/mol. The van der Waals surface area contributed by atoms with Crippen LogP contribution in [0.2, 0.25) is 0 Å². The molecular formula is C14H18N4O3S. The molecule has 0 radical (unpaired) electrons. The largest absolute Gasteiger partial charge is 0.465 e. The number of rotatable bonds is 4. The Hall–Kier alpha value is -1.93. The highest BCUT2D eigenvalue weighted by Gasteiger charge is 2.57. The molecule has 8 heteroatoms. The normalized spacial score (nSPS) is 28.8. The summed E-state index contributed by atoms with van der Waals surface area (Å²) in [4.78, 5) is 23.5. The molecule has 1 saturated carbocycles. The first-order valence-corrected chi connectivity index (χ1v) is 7.95. The summed E-state index contributed by atoms with van der Waals surface area (Å²) in [5.41, 5.74) is 0.805. The second-order valence-electron chi connectivity index (χ2n) is 6.16. The number of amides is 2. The van der Waals surface area contributed by atoms with E-state index in [1.165, 1.54) is 11.3 Å². The first-order valence-electron chi connectivity index (χ1n) is 7.07. The molecule has 2 aliphatic rings. The number of thiophene rings is 1. The van der Waals surface area contributed by atoms with Crippen LogP contribution in [0, 0.1) is 10.8 Å². The lowest BCUT2D eigenvalue weighted by molar-refractivity contribution is -0.123. The van der Waals surface area contributed by atoms with Crippen LogP contribution in [0.15, 0.2) is 11.4 Å². The van der Waals surface area contributed by atoms with E-state index in [1.807, 2.05) is 5.32 Å². The topological polar surface area (TPSA) is 114 Å². The van der Waals surface area contributed by atoms with Gasteiger partial charge in [-0.1, -0.05) is 6.92 Å². The molecule has 0 aromatic carbocycles. The molecule has 1 aromatic heterocycles. The Labute approximate surface area is 131 Å². The number of fused-ring (bicyclic) bond motifs is 1. The molecule has 1 aliphatic heterocycles. The van der Waals surface area contributed by atoms with Gasteiger partial charge in [0, 0.05) is 21.9 Å². The van der Waals surface area contributed by atoms with Crippen LogP contribution in [-0.2, 0) is 11.3 Å². The van der Waals surface area contributed by atoms with Crippen LogP contribution in [0.1, 0.15) is 30.2 Å². The Morgan fingerprint density at radius 1 is 1.55 bits per heavy atom. The maximum atomic E-state index is 12.1. The maximum absolute atomic E-state index is 12.1. The lowest BCUT2D eigenvalue weighted by Gasteiger charge is -2.13. The zero-order valence-electron chi connectivity index (χ0n) is 12.1. The van der Waals surface area contributed by atoms with E-state index in [1.54, 1.807) is 11.4 Å². The molecule has 2 amide bonds. The van der Waals surface area contributed by atoms with Gasteiger partial charge in [0.15, 0.2) is 0 Å². The molecule has 3 rings (SSSR count). The van der Waals surface area contributed by atoms with E-state index in [2.05, 4.69) is 17.6 Å². The van der Waals surface area contributed by atoms with Crippen molar-refractivity contribution < 1.29 is 14.7 Å². The van der Waals surface area contributed by atoms with Crippen LogP contribution in [0.5, 0.6) is 0 Å². The van der Waals surface area contributed by atoms with Crippen molar-refractivity contribution in [3.63, 3.8) is 0 Å². The number of hydrogen-bond donors (Lipinski definition) is 5. The summed E-state index contributed by atoms with van der Waals surface area (Å²) in [5, 5.41) is 26.1. The number of piperidine rings is 1. The average Bonchev–Trinajstić information content (AvgIpc) is 2.81. The number of nitrogens with one attached hydrogen (secondary N) is 4. The quantitative estimate of drug-likeness (QED) is 0.422. The first-order chi connectivity index (χ1) is 10.4. The highest BCUT2D eigenvalue weighted by molar-refractivity contribution is 7.10. The van der Waals surface area contributed by atoms with Crippen molar-refractivity contribution in [1.29, 1.82) is 5.41 Å². The molecule has 5 N–H and O–H groups in total. The number of carboxylic acid groups (broad SMARTS) is 1. The molecular weight excluding hydrogens is 304 g/mol. The number of carbonyl (C=O) groups excluding carboxylic acids is 1. The van der Waals surface area contributed by atoms with Crippen LogP contribution in [0.3, 0.4) is 0 Å². The van der Waals surface area contributed by atoms with Gasteiger partial charge < -0.3 is 15.7 Å². The minimum Gasteiger partial charge on any atom is -0.465 e. The van der Waals surface area contributed by atoms with E-state index in [-0.39, 0.29) is 17.8 Å². The molecule has 7 nitrogen and oxygen atoms in total. The van der Waals surface area contributed by atoms with Gasteiger partial charge in [-0.25, -0.2) is 4.79 Å². The molecule has 1 aliphatic carbocycles. The Kier molecular flexibility index (Phi) is 3.65. The molecule has 1 aromatic rings. The van der Waals surface area contributed by atoms with Crippen molar-refractivity contribution in [1.82, 2.24) is 16.0 Å². The SMILES string of the molecule is C[C@]12C[C@@H](C(=O)NCc3cc(C(=N)NC(=O)O)cs3)N[C@H]1C2. The van der Waals surface area contributed by atoms with Crippen molar-refractivity contribution in [3.8, 4) is 0 Å². The van der Waals surface area contributed by atoms with E-state index in [4.69, 9.17) is 10.5 Å². The van der Waals surface area contributed by atoms with Gasteiger partial charge in [-0.3, -0.25) is 15.5 Å². The van der Waals surface area contributed by atoms with Crippen LogP contribution in [0.25, 0.3) is 0 Å². The Balaban J connectivity index is 1.50. The molecule has 2 heterocycles. The molecule has 22 heavy (non-hydrogen) atoms. The highest BCUT2D eigenvalue weighted by Crippen LogP contribution is 2.53. The third kappa shape index (κ3) is 2.97. The van der Waals surface area contributed by atoms with Gasteiger partial charge in [-0.05, 0) is 24.3 Å². The summed E-state index contributed by atoms with van der Waals surface area (Å²) >= 11 is 1.39. The third-order valence-corrected chi connectivity index (χ3v) is 5.29. The fourth-order valence-electron chi connectivity index (χ4n) is 2.91. The summed E-state index contributed by atoms with van der Waals surface area (Å²) in [6.45, 7) is 2.59. The molecule has 0 spiro atoms. The Morgan fingerprint density at radius 2 is 2.32 bits per heavy atom. The number of hydrogen-bond acceptors (Lipinski definition) is 5. The van der Waals surface area contributed by atoms with Gasteiger partial charge in [-0.2, -0.15) is 0 Å². The molecule has 118 valence electrons. The van der Waals surface area contributed by atoms with E-state index < -0.39 is 6.09 Å². The Bertz CT molecular complexity index is 644. The van der Waals surface area contributed by atoms with Crippen LogP contribution < -0.4 is 16.0 Å². The summed E-state index contributed by atoms with van der Waals surface area (Å²) in [5.74, 6) is -0.158. The standard InChI is InChI=1S/C14H18N4O3S/c1-14-3-9(17-10(14)4-14)12(19)16-5-8-2-7(6-22-8)11(15)18-13(20)21/h2,6,9-10,17H,3-5H2,1H3,(H2,15,18)(H,16,19)(H,20,21)/t9-,10-,14+/m0/s1. The van der Waals surface area contributed by atoms with Crippen molar-refractivity contribution in [2.45, 2.75) is 38.4 Å². The summed E-state index contributed by atoms with van der Waals surface area (Å²) in [6.07, 6.45) is 0.779. The molecule has 0 unspecified atom stereocenters. The summed E-state index contributed by atoms with van der Waals surface area (Å²) in [7, 11) is 0. The van der Waals surface area contributed by atoms with Crippen molar-refractivity contribution in [3.05, 3.63) is 21.9 Å². The lowest BCUT2D eigenvalue weighted by atomic mass is 10.0. The van der Waals surface area contributed by atoms with E-state index in [0.717, 1.165) is 17.7 Å². The third-order valence-electron chi connectivity index (χ3n) is 4.35. The average molecular weight is 322 g/mol. The highest BCUT2D eigenvalue weighted by atomic mass is 32.1. The van der Waals surface area contributed by atoms with Crippen LogP contribution in [0.4, 0.5) is 4.79 Å². The Morgan fingerprint density at radius 3 is 2.95 bits per heavy atom. The number of amidine groups is 1. The summed E-state index contributed by atoms with van der Waals surface area (Å²) < 4.78 is 0. The maximum Gasteiger partial charge on any atom is 0.410 e. The number of carbonyl (C=O) groups is 2.